The predicted octanol–water partition coefficient (Wildman–Crippen LogP) is 2.49. The molecule has 0 aliphatic rings. The second-order valence-electron chi connectivity index (χ2n) is 2.74. The number of H-pyrrole nitrogens is 1. The van der Waals surface area contributed by atoms with E-state index in [0.717, 1.165) is 17.0 Å². The van der Waals surface area contributed by atoms with Crippen LogP contribution in [0.2, 0.25) is 0 Å². The van der Waals surface area contributed by atoms with Gasteiger partial charge >= 0.3 is 0 Å². The van der Waals surface area contributed by atoms with Crippen LogP contribution in [0.4, 0.5) is 0 Å². The first kappa shape index (κ1) is 7.92. The van der Waals surface area contributed by atoms with Gasteiger partial charge in [-0.2, -0.15) is 0 Å². The molecule has 0 aliphatic heterocycles. The molecule has 0 saturated carbocycles. The molecule has 1 radical (unpaired) electrons. The quantitative estimate of drug-likeness (QED) is 0.739. The Morgan fingerprint density at radius 3 is 2.54 bits per heavy atom. The first-order valence-corrected chi connectivity index (χ1v) is 4.09. The normalized spacial score (nSPS) is 9.92. The molecule has 2 nitrogen and oxygen atoms in total. The predicted molar refractivity (Wildman–Crippen MR) is 51.6 cm³/mol. The molecule has 2 aromatic rings. The molecule has 13 heavy (non-hydrogen) atoms. The minimum atomic E-state index is 0.874. The lowest BCUT2D eigenvalue weighted by molar-refractivity contribution is 0.415. The number of benzene rings is 1. The molecule has 1 heterocycles. The molecule has 65 valence electrons. The molecule has 1 aromatic heterocycles. The molecule has 0 unspecified atom stereocenters. The van der Waals surface area contributed by atoms with Gasteiger partial charge in [-0.25, -0.2) is 0 Å². The molecule has 2 rings (SSSR count). The van der Waals surface area contributed by atoms with E-state index in [1.807, 2.05) is 30.3 Å². The van der Waals surface area contributed by atoms with Gasteiger partial charge in [0.1, 0.15) is 5.75 Å². The van der Waals surface area contributed by atoms with Gasteiger partial charge in [0.05, 0.1) is 7.11 Å². The van der Waals surface area contributed by atoms with Crippen molar-refractivity contribution in [2.75, 3.05) is 7.11 Å². The summed E-state index contributed by atoms with van der Waals surface area (Å²) in [4.78, 5) is 3.09. The van der Waals surface area contributed by atoms with Crippen LogP contribution in [0.15, 0.2) is 36.5 Å². The first-order valence-electron chi connectivity index (χ1n) is 4.09. The van der Waals surface area contributed by atoms with Crippen molar-refractivity contribution in [1.82, 2.24) is 4.98 Å². The van der Waals surface area contributed by atoms with Gasteiger partial charge in [-0.15, -0.1) is 0 Å². The molecule has 0 spiro atoms. The SMILES string of the molecule is COc1ccc(-c2c[c]c[nH]2)cc1. The third kappa shape index (κ3) is 1.56. The monoisotopic (exact) mass is 172 g/mol. The van der Waals surface area contributed by atoms with Crippen molar-refractivity contribution in [3.63, 3.8) is 0 Å². The standard InChI is InChI=1S/C11H10NO/c1-13-10-6-4-9(5-7-10)11-3-2-8-12-11/h3-8,12H,1H3. The van der Waals surface area contributed by atoms with E-state index < -0.39 is 0 Å². The molecule has 2 heteroatoms. The summed E-state index contributed by atoms with van der Waals surface area (Å²) in [6.07, 6.45) is 1.79. The van der Waals surface area contributed by atoms with Crippen LogP contribution in [0.25, 0.3) is 11.3 Å². The summed E-state index contributed by atoms with van der Waals surface area (Å²) in [5.41, 5.74) is 2.21. The average molecular weight is 172 g/mol. The number of aromatic amines is 1. The highest BCUT2D eigenvalue weighted by atomic mass is 16.5. The Labute approximate surface area is 77.2 Å². The Hall–Kier alpha value is -1.70. The third-order valence-corrected chi connectivity index (χ3v) is 1.94. The number of hydrogen-bond acceptors (Lipinski definition) is 1. The van der Waals surface area contributed by atoms with Crippen LogP contribution in [0, 0.1) is 6.07 Å². The Morgan fingerprint density at radius 1 is 1.23 bits per heavy atom. The number of aromatic nitrogens is 1. The molecular weight excluding hydrogens is 162 g/mol. The number of methoxy groups -OCH3 is 1. The lowest BCUT2D eigenvalue weighted by atomic mass is 10.1. The van der Waals surface area contributed by atoms with Gasteiger partial charge < -0.3 is 9.72 Å². The van der Waals surface area contributed by atoms with Gasteiger partial charge in [-0.1, -0.05) is 0 Å². The second kappa shape index (κ2) is 3.35. The van der Waals surface area contributed by atoms with Crippen LogP contribution in [0.1, 0.15) is 0 Å². The van der Waals surface area contributed by atoms with Crippen LogP contribution in [0.3, 0.4) is 0 Å². The molecule has 0 atom stereocenters. The van der Waals surface area contributed by atoms with Crippen molar-refractivity contribution in [3.05, 3.63) is 42.6 Å². The highest BCUT2D eigenvalue weighted by Crippen LogP contribution is 2.19. The largest absolute Gasteiger partial charge is 0.497 e. The topological polar surface area (TPSA) is 25.0 Å². The lowest BCUT2D eigenvalue weighted by Crippen LogP contribution is -1.82. The first-order chi connectivity index (χ1) is 6.40. The second-order valence-corrected chi connectivity index (χ2v) is 2.74. The summed E-state index contributed by atoms with van der Waals surface area (Å²) in [7, 11) is 1.66. The van der Waals surface area contributed by atoms with Crippen LogP contribution in [-0.4, -0.2) is 12.1 Å². The van der Waals surface area contributed by atoms with Crippen molar-refractivity contribution < 1.29 is 4.74 Å². The highest BCUT2D eigenvalue weighted by Gasteiger charge is 1.97. The van der Waals surface area contributed by atoms with E-state index in [-0.39, 0.29) is 0 Å². The van der Waals surface area contributed by atoms with Gasteiger partial charge in [-0.3, -0.25) is 0 Å². The number of rotatable bonds is 2. The highest BCUT2D eigenvalue weighted by molar-refractivity contribution is 5.59. The summed E-state index contributed by atoms with van der Waals surface area (Å²) >= 11 is 0. The number of ether oxygens (including phenoxy) is 1. The van der Waals surface area contributed by atoms with Gasteiger partial charge in [0, 0.05) is 18.0 Å². The van der Waals surface area contributed by atoms with Crippen LogP contribution in [-0.2, 0) is 0 Å². The fourth-order valence-electron chi connectivity index (χ4n) is 1.22. The van der Waals surface area contributed by atoms with Crippen LogP contribution < -0.4 is 4.74 Å². The van der Waals surface area contributed by atoms with E-state index in [9.17, 15) is 0 Å². The van der Waals surface area contributed by atoms with Crippen molar-refractivity contribution in [3.8, 4) is 17.0 Å². The van der Waals surface area contributed by atoms with E-state index in [2.05, 4.69) is 11.1 Å². The zero-order chi connectivity index (χ0) is 9.10. The molecule has 1 aromatic carbocycles. The minimum absolute atomic E-state index is 0.874. The molecule has 0 bridgehead atoms. The van der Waals surface area contributed by atoms with Gasteiger partial charge in [0.15, 0.2) is 0 Å². The molecule has 0 fully saturated rings. The summed E-state index contributed by atoms with van der Waals surface area (Å²) in [6, 6.07) is 12.8. The fourth-order valence-corrected chi connectivity index (χ4v) is 1.22. The molecule has 0 aliphatic carbocycles. The van der Waals surface area contributed by atoms with Crippen molar-refractivity contribution in [1.29, 1.82) is 0 Å². The fraction of sp³-hybridized carbons (Fsp3) is 0.0909. The van der Waals surface area contributed by atoms with E-state index in [1.54, 1.807) is 13.3 Å². The molecule has 0 amide bonds. The Kier molecular flexibility index (Phi) is 2.04. The van der Waals surface area contributed by atoms with Gasteiger partial charge in [-0.05, 0) is 35.9 Å². The van der Waals surface area contributed by atoms with Crippen molar-refractivity contribution in [2.24, 2.45) is 0 Å². The number of hydrogen-bond donors (Lipinski definition) is 1. The van der Waals surface area contributed by atoms with E-state index >= 15 is 0 Å². The van der Waals surface area contributed by atoms with Crippen LogP contribution >= 0.6 is 0 Å². The Bertz CT molecular complexity index is 361. The minimum Gasteiger partial charge on any atom is -0.497 e. The lowest BCUT2D eigenvalue weighted by Gasteiger charge is -2.00. The zero-order valence-electron chi connectivity index (χ0n) is 7.37. The summed E-state index contributed by atoms with van der Waals surface area (Å²) in [5, 5.41) is 0. The van der Waals surface area contributed by atoms with E-state index in [0.29, 0.717) is 0 Å². The maximum atomic E-state index is 5.07. The van der Waals surface area contributed by atoms with E-state index in [4.69, 9.17) is 4.74 Å². The number of nitrogens with one attached hydrogen (secondary N) is 1. The van der Waals surface area contributed by atoms with Crippen molar-refractivity contribution in [2.45, 2.75) is 0 Å². The summed E-state index contributed by atoms with van der Waals surface area (Å²) < 4.78 is 5.07. The average Bonchev–Trinajstić information content (AvgIpc) is 2.71. The Morgan fingerprint density at radius 2 is 2.00 bits per heavy atom. The summed E-state index contributed by atoms with van der Waals surface area (Å²) in [6.45, 7) is 0. The summed E-state index contributed by atoms with van der Waals surface area (Å²) in [5.74, 6) is 0.874. The Balaban J connectivity index is 2.33. The van der Waals surface area contributed by atoms with Crippen molar-refractivity contribution >= 4 is 0 Å². The third-order valence-electron chi connectivity index (χ3n) is 1.94. The maximum Gasteiger partial charge on any atom is 0.118 e. The van der Waals surface area contributed by atoms with Gasteiger partial charge in [0.2, 0.25) is 0 Å². The van der Waals surface area contributed by atoms with E-state index in [1.165, 1.54) is 0 Å². The molecular formula is C11H10NO. The maximum absolute atomic E-state index is 5.07. The van der Waals surface area contributed by atoms with Gasteiger partial charge in [0.25, 0.3) is 0 Å². The van der Waals surface area contributed by atoms with Crippen LogP contribution in [0.5, 0.6) is 5.75 Å². The smallest absolute Gasteiger partial charge is 0.118 e. The zero-order valence-corrected chi connectivity index (χ0v) is 7.37. The molecule has 0 saturated heterocycles. The molecule has 1 N–H and O–H groups in total.